The second-order valence-corrected chi connectivity index (χ2v) is 30.9. The highest BCUT2D eigenvalue weighted by molar-refractivity contribution is 6.32. The minimum absolute atomic E-state index is 0.626. The third kappa shape index (κ3) is 10.3. The van der Waals surface area contributed by atoms with E-state index >= 15 is 0 Å². The van der Waals surface area contributed by atoms with Crippen molar-refractivity contribution >= 4 is 141 Å². The van der Waals surface area contributed by atoms with Gasteiger partial charge in [0.15, 0.2) is 34.9 Å². The standard InChI is InChI=1S/2C54H32N6/c1-3-16-34(17-4-1)51-56-52(35-18-5-2-6-19-35)58-53(57-51)41-29-31-45(38-23-10-9-22-37(38)41)59-46-28-14-25-40-39-24-11-12-27-44(39)60-50-43(30-32-47(59)49(50)48(40)46)55-54(60)42-26-13-20-33-15-7-8-21-36(33)42;1-2-14-35(15-3-1)51-56-52(58-53(57-51)38-25-24-33-12-4-5-16-37(33)32-38)36-26-28-39(29-27-36)59-46-23-11-20-42-41-19-8-9-22-45(41)60-50-44(30-31-47(59)49(50)48(42)46)55-54(60)43-21-10-17-34-13-6-7-18-40(34)43/h2*1-32H. The molecule has 26 aromatic rings. The van der Waals surface area contributed by atoms with Crippen LogP contribution in [0.2, 0.25) is 0 Å². The summed E-state index contributed by atoms with van der Waals surface area (Å²) < 4.78 is 9.65. The molecule has 12 heteroatoms. The zero-order valence-electron chi connectivity index (χ0n) is 64.3. The predicted molar refractivity (Wildman–Crippen MR) is 492 cm³/mol. The van der Waals surface area contributed by atoms with Gasteiger partial charge in [-0.15, -0.1) is 0 Å². The molecule has 556 valence electrons. The van der Waals surface area contributed by atoms with Gasteiger partial charge in [0.2, 0.25) is 0 Å². The van der Waals surface area contributed by atoms with Crippen LogP contribution >= 0.6 is 0 Å². The highest BCUT2D eigenvalue weighted by atomic mass is 15.1. The molecule has 0 saturated carbocycles. The zero-order valence-corrected chi connectivity index (χ0v) is 64.3. The molecule has 8 heterocycles. The molecular weight excluding hydrogens is 1470 g/mol. The molecule has 0 N–H and O–H groups in total. The summed E-state index contributed by atoms with van der Waals surface area (Å²) in [6, 6.07) is 137. The van der Waals surface area contributed by atoms with Crippen molar-refractivity contribution in [1.29, 1.82) is 0 Å². The number of rotatable bonds is 10. The summed E-state index contributed by atoms with van der Waals surface area (Å²) in [4.78, 5) is 41.3. The largest absolute Gasteiger partial charge is 0.309 e. The van der Waals surface area contributed by atoms with Gasteiger partial charge in [-0.1, -0.05) is 297 Å². The molecule has 0 radical (unpaired) electrons. The highest BCUT2D eigenvalue weighted by Crippen LogP contribution is 2.49. The van der Waals surface area contributed by atoms with Crippen LogP contribution in [-0.2, 0) is 0 Å². The maximum Gasteiger partial charge on any atom is 0.164 e. The molecule has 0 aliphatic carbocycles. The third-order valence-corrected chi connectivity index (χ3v) is 24.2. The van der Waals surface area contributed by atoms with Crippen LogP contribution in [0.5, 0.6) is 0 Å². The van der Waals surface area contributed by atoms with Gasteiger partial charge in [-0.25, -0.2) is 39.9 Å². The van der Waals surface area contributed by atoms with E-state index in [1.54, 1.807) is 0 Å². The summed E-state index contributed by atoms with van der Waals surface area (Å²) in [5, 5.41) is 18.9. The SMILES string of the molecule is c1ccc(-c2nc(-c3ccc(-n4c5cccc6c7ccccc7n7c(-c8cccc9ccccc89)nc8ccc4c(c65)c87)cc3)nc(-c3ccc4ccccc4c3)n2)cc1.c1ccc(-c2nc(-c3ccccc3)nc(-c3ccc(-n4c5cccc6c7ccccc7n7c(-c8cccc9ccccc89)nc8ccc4c(c65)c87)c4ccccc34)n2)cc1. The van der Waals surface area contributed by atoms with Crippen LogP contribution in [0, 0.1) is 0 Å². The summed E-state index contributed by atoms with van der Waals surface area (Å²) in [5.74, 6) is 5.69. The van der Waals surface area contributed by atoms with Crippen molar-refractivity contribution in [3.63, 3.8) is 0 Å². The maximum atomic E-state index is 5.46. The zero-order chi connectivity index (χ0) is 78.6. The molecule has 0 fully saturated rings. The van der Waals surface area contributed by atoms with E-state index in [1.807, 2.05) is 91.0 Å². The van der Waals surface area contributed by atoms with Crippen molar-refractivity contribution in [2.24, 2.45) is 0 Å². The molecule has 0 atom stereocenters. The van der Waals surface area contributed by atoms with Gasteiger partial charge in [0.1, 0.15) is 11.6 Å². The minimum atomic E-state index is 0.626. The Kier molecular flexibility index (Phi) is 14.8. The average Bonchev–Trinajstić information content (AvgIpc) is 1.53. The number of hydrogen-bond acceptors (Lipinski definition) is 8. The van der Waals surface area contributed by atoms with Crippen LogP contribution in [0.25, 0.3) is 244 Å². The molecule has 0 aliphatic heterocycles. The van der Waals surface area contributed by atoms with Crippen molar-refractivity contribution in [2.75, 3.05) is 0 Å². The molecule has 12 nitrogen and oxygen atoms in total. The first-order valence-corrected chi connectivity index (χ1v) is 40.5. The number of aromatic nitrogens is 12. The molecule has 0 amide bonds. The predicted octanol–water partition coefficient (Wildman–Crippen LogP) is 26.7. The van der Waals surface area contributed by atoms with Crippen LogP contribution in [0.3, 0.4) is 0 Å². The molecule has 26 rings (SSSR count). The Balaban J connectivity index is 0.000000133. The van der Waals surface area contributed by atoms with Crippen molar-refractivity contribution in [2.45, 2.75) is 0 Å². The number of para-hydroxylation sites is 2. The van der Waals surface area contributed by atoms with Crippen LogP contribution in [-0.4, -0.2) is 57.8 Å². The van der Waals surface area contributed by atoms with Crippen LogP contribution in [0.1, 0.15) is 0 Å². The summed E-state index contributed by atoms with van der Waals surface area (Å²) in [5.41, 5.74) is 21.0. The van der Waals surface area contributed by atoms with Gasteiger partial charge in [-0.2, -0.15) is 0 Å². The molecule has 120 heavy (non-hydrogen) atoms. The van der Waals surface area contributed by atoms with E-state index in [2.05, 4.69) is 315 Å². The van der Waals surface area contributed by atoms with Gasteiger partial charge in [0, 0.05) is 87.9 Å². The van der Waals surface area contributed by atoms with E-state index in [0.717, 1.165) is 139 Å². The van der Waals surface area contributed by atoms with Gasteiger partial charge in [-0.3, -0.25) is 8.80 Å². The quantitative estimate of drug-likeness (QED) is 0.133. The van der Waals surface area contributed by atoms with Gasteiger partial charge < -0.3 is 9.13 Å². The fraction of sp³-hybridized carbons (Fsp3) is 0. The lowest BCUT2D eigenvalue weighted by Gasteiger charge is -2.15. The molecule has 0 unspecified atom stereocenters. The second-order valence-electron chi connectivity index (χ2n) is 30.9. The Morgan fingerprint density at radius 1 is 0.183 bits per heavy atom. The molecule has 8 aromatic heterocycles. The Hall–Kier alpha value is -16.4. The topological polar surface area (TPSA) is 122 Å². The van der Waals surface area contributed by atoms with Crippen molar-refractivity contribution < 1.29 is 0 Å². The van der Waals surface area contributed by atoms with Crippen LogP contribution < -0.4 is 0 Å². The molecule has 18 aromatic carbocycles. The third-order valence-electron chi connectivity index (χ3n) is 24.2. The normalized spacial score (nSPS) is 12.0. The van der Waals surface area contributed by atoms with Crippen molar-refractivity contribution in [3.05, 3.63) is 388 Å². The summed E-state index contributed by atoms with van der Waals surface area (Å²) >= 11 is 0. The van der Waals surface area contributed by atoms with E-state index in [-0.39, 0.29) is 0 Å². The summed E-state index contributed by atoms with van der Waals surface area (Å²) in [6.07, 6.45) is 0. The molecular formula is C108H64N12. The van der Waals surface area contributed by atoms with Gasteiger partial charge >= 0.3 is 0 Å². The van der Waals surface area contributed by atoms with E-state index in [9.17, 15) is 0 Å². The number of fused-ring (bicyclic) bond motifs is 10. The Labute approximate surface area is 685 Å². The monoisotopic (exact) mass is 1530 g/mol. The lowest BCUT2D eigenvalue weighted by molar-refractivity contribution is 1.07. The van der Waals surface area contributed by atoms with Gasteiger partial charge in [0.05, 0.1) is 60.9 Å². The smallest absolute Gasteiger partial charge is 0.164 e. The van der Waals surface area contributed by atoms with Crippen molar-refractivity contribution in [3.8, 4) is 102 Å². The first-order valence-electron chi connectivity index (χ1n) is 40.5. The molecule has 0 saturated heterocycles. The van der Waals surface area contributed by atoms with Crippen LogP contribution in [0.4, 0.5) is 0 Å². The van der Waals surface area contributed by atoms with Gasteiger partial charge in [-0.05, 0) is 139 Å². The van der Waals surface area contributed by atoms with E-state index < -0.39 is 0 Å². The maximum absolute atomic E-state index is 5.46. The second kappa shape index (κ2) is 26.6. The van der Waals surface area contributed by atoms with Crippen LogP contribution in [0.15, 0.2) is 388 Å². The summed E-state index contributed by atoms with van der Waals surface area (Å²) in [6.45, 7) is 0. The number of hydrogen-bond donors (Lipinski definition) is 0. The van der Waals surface area contributed by atoms with E-state index in [0.29, 0.717) is 34.9 Å². The Morgan fingerprint density at radius 2 is 0.550 bits per heavy atom. The molecule has 0 aliphatic rings. The van der Waals surface area contributed by atoms with Gasteiger partial charge in [0.25, 0.3) is 0 Å². The number of imidazole rings is 2. The first kappa shape index (κ1) is 66.9. The highest BCUT2D eigenvalue weighted by Gasteiger charge is 2.29. The minimum Gasteiger partial charge on any atom is -0.309 e. The van der Waals surface area contributed by atoms with E-state index in [1.165, 1.54) is 70.0 Å². The molecule has 0 spiro atoms. The Bertz CT molecular complexity index is 8600. The fourth-order valence-electron chi connectivity index (χ4n) is 18.9. The van der Waals surface area contributed by atoms with Crippen molar-refractivity contribution in [1.82, 2.24) is 57.8 Å². The lowest BCUT2D eigenvalue weighted by Crippen LogP contribution is -2.01. The fourth-order valence-corrected chi connectivity index (χ4v) is 18.9. The number of nitrogens with zero attached hydrogens (tertiary/aromatic N) is 12. The Morgan fingerprint density at radius 3 is 1.07 bits per heavy atom. The average molecular weight is 1530 g/mol. The van der Waals surface area contributed by atoms with E-state index in [4.69, 9.17) is 39.9 Å². The first-order chi connectivity index (χ1) is 59.5. The summed E-state index contributed by atoms with van der Waals surface area (Å²) in [7, 11) is 0. The molecule has 0 bridgehead atoms. The number of benzene rings is 18. The lowest BCUT2D eigenvalue weighted by atomic mass is 10.0.